The van der Waals surface area contributed by atoms with Crippen molar-refractivity contribution in [1.29, 1.82) is 0 Å². The van der Waals surface area contributed by atoms with Crippen LogP contribution in [0.5, 0.6) is 5.75 Å². The third-order valence-corrected chi connectivity index (χ3v) is 3.57. The summed E-state index contributed by atoms with van der Waals surface area (Å²) < 4.78 is 20.2. The van der Waals surface area contributed by atoms with Crippen molar-refractivity contribution in [3.05, 3.63) is 62.3 Å². The summed E-state index contributed by atoms with van der Waals surface area (Å²) in [6, 6.07) is 9.25. The number of benzene rings is 2. The molecule has 3 nitrogen and oxygen atoms in total. The number of hydrogen-bond donors (Lipinski definition) is 1. The zero-order valence-corrected chi connectivity index (χ0v) is 13.2. The summed E-state index contributed by atoms with van der Waals surface area (Å²) in [5, 5.41) is 9.12. The molecule has 0 aliphatic carbocycles. The summed E-state index contributed by atoms with van der Waals surface area (Å²) in [6.07, 6.45) is 0. The summed E-state index contributed by atoms with van der Waals surface area (Å²) in [7, 11) is 0. The SMILES string of the molecule is O=C(O)c1cc(Br)ccc1COc1ccc(Br)cc1F. The molecule has 2 rings (SSSR count). The highest BCUT2D eigenvalue weighted by molar-refractivity contribution is 9.10. The highest BCUT2D eigenvalue weighted by Crippen LogP contribution is 2.24. The molecule has 0 unspecified atom stereocenters. The maximum absolute atomic E-state index is 13.6. The molecular weight excluding hydrogens is 395 g/mol. The summed E-state index contributed by atoms with van der Waals surface area (Å²) in [5.74, 6) is -1.48. The number of carbonyl (C=O) groups is 1. The first kappa shape index (κ1) is 15.0. The van der Waals surface area contributed by atoms with Crippen molar-refractivity contribution in [3.8, 4) is 5.75 Å². The average molecular weight is 404 g/mol. The van der Waals surface area contributed by atoms with E-state index in [4.69, 9.17) is 9.84 Å². The molecule has 1 N–H and O–H groups in total. The van der Waals surface area contributed by atoms with E-state index in [-0.39, 0.29) is 17.9 Å². The van der Waals surface area contributed by atoms with Gasteiger partial charge in [0.2, 0.25) is 0 Å². The van der Waals surface area contributed by atoms with Crippen LogP contribution in [0.25, 0.3) is 0 Å². The fraction of sp³-hybridized carbons (Fsp3) is 0.0714. The summed E-state index contributed by atoms with van der Waals surface area (Å²) in [6.45, 7) is -0.0204. The Labute approximate surface area is 131 Å². The van der Waals surface area contributed by atoms with Crippen molar-refractivity contribution >= 4 is 37.8 Å². The number of hydrogen-bond acceptors (Lipinski definition) is 2. The molecule has 20 heavy (non-hydrogen) atoms. The Hall–Kier alpha value is -1.40. The number of ether oxygens (including phenoxy) is 1. The van der Waals surface area contributed by atoms with Crippen molar-refractivity contribution in [1.82, 2.24) is 0 Å². The second-order valence-electron chi connectivity index (χ2n) is 3.97. The van der Waals surface area contributed by atoms with Crippen LogP contribution in [0, 0.1) is 5.82 Å². The first-order valence-corrected chi connectivity index (χ1v) is 7.15. The van der Waals surface area contributed by atoms with E-state index in [1.54, 1.807) is 18.2 Å². The summed E-state index contributed by atoms with van der Waals surface area (Å²) in [4.78, 5) is 11.1. The molecule has 6 heteroatoms. The van der Waals surface area contributed by atoms with E-state index in [1.165, 1.54) is 18.2 Å². The highest BCUT2D eigenvalue weighted by Gasteiger charge is 2.12. The molecule has 0 saturated carbocycles. The van der Waals surface area contributed by atoms with Crippen molar-refractivity contribution in [3.63, 3.8) is 0 Å². The predicted molar refractivity (Wildman–Crippen MR) is 79.5 cm³/mol. The van der Waals surface area contributed by atoms with Gasteiger partial charge in [0.15, 0.2) is 11.6 Å². The fourth-order valence-electron chi connectivity index (χ4n) is 1.62. The summed E-state index contributed by atoms with van der Waals surface area (Å²) in [5.41, 5.74) is 0.597. The van der Waals surface area contributed by atoms with Crippen LogP contribution in [0.4, 0.5) is 4.39 Å². The summed E-state index contributed by atoms with van der Waals surface area (Å²) >= 11 is 6.36. The van der Waals surface area contributed by atoms with Gasteiger partial charge in [0.25, 0.3) is 0 Å². The van der Waals surface area contributed by atoms with Gasteiger partial charge in [0, 0.05) is 14.5 Å². The smallest absolute Gasteiger partial charge is 0.336 e. The van der Waals surface area contributed by atoms with Gasteiger partial charge in [-0.1, -0.05) is 37.9 Å². The Kier molecular flexibility index (Phi) is 4.77. The molecule has 0 radical (unpaired) electrons. The Bertz CT molecular complexity index is 659. The second kappa shape index (κ2) is 6.37. The van der Waals surface area contributed by atoms with Crippen LogP contribution in [0.1, 0.15) is 15.9 Å². The third kappa shape index (κ3) is 3.58. The van der Waals surface area contributed by atoms with Gasteiger partial charge in [-0.3, -0.25) is 0 Å². The molecule has 0 aliphatic rings. The van der Waals surface area contributed by atoms with Gasteiger partial charge in [-0.2, -0.15) is 0 Å². The van der Waals surface area contributed by atoms with Gasteiger partial charge in [0.05, 0.1) is 5.56 Å². The zero-order valence-electron chi connectivity index (χ0n) is 10.1. The van der Waals surface area contributed by atoms with Crippen molar-refractivity contribution in [2.24, 2.45) is 0 Å². The molecule has 0 heterocycles. The Balaban J connectivity index is 2.20. The largest absolute Gasteiger partial charge is 0.486 e. The predicted octanol–water partition coefficient (Wildman–Crippen LogP) is 4.63. The van der Waals surface area contributed by atoms with Crippen molar-refractivity contribution in [2.45, 2.75) is 6.61 Å². The number of carboxylic acid groups (broad SMARTS) is 1. The third-order valence-electron chi connectivity index (χ3n) is 2.58. The molecule has 2 aromatic carbocycles. The molecule has 2 aromatic rings. The molecule has 0 spiro atoms. The first-order valence-electron chi connectivity index (χ1n) is 5.57. The minimum absolute atomic E-state index is 0.0204. The van der Waals surface area contributed by atoms with Crippen LogP contribution in [0.3, 0.4) is 0 Å². The van der Waals surface area contributed by atoms with Gasteiger partial charge in [-0.15, -0.1) is 0 Å². The van der Waals surface area contributed by atoms with Gasteiger partial charge in [-0.05, 0) is 30.3 Å². The Morgan fingerprint density at radius 1 is 1.15 bits per heavy atom. The van der Waals surface area contributed by atoms with Crippen LogP contribution < -0.4 is 4.74 Å². The number of halogens is 3. The van der Waals surface area contributed by atoms with Crippen LogP contribution >= 0.6 is 31.9 Å². The fourth-order valence-corrected chi connectivity index (χ4v) is 2.32. The first-order chi connectivity index (χ1) is 9.47. The van der Waals surface area contributed by atoms with Crippen LogP contribution in [0.2, 0.25) is 0 Å². The molecule has 104 valence electrons. The second-order valence-corrected chi connectivity index (χ2v) is 5.80. The number of carboxylic acids is 1. The van der Waals surface area contributed by atoms with E-state index in [0.29, 0.717) is 14.5 Å². The van der Waals surface area contributed by atoms with Crippen LogP contribution in [-0.4, -0.2) is 11.1 Å². The van der Waals surface area contributed by atoms with E-state index in [2.05, 4.69) is 31.9 Å². The van der Waals surface area contributed by atoms with Crippen LogP contribution in [0.15, 0.2) is 45.3 Å². The maximum Gasteiger partial charge on any atom is 0.336 e. The molecular formula is C14H9Br2FO3. The number of rotatable bonds is 4. The van der Waals surface area contributed by atoms with Gasteiger partial charge in [-0.25, -0.2) is 9.18 Å². The molecule has 0 bridgehead atoms. The lowest BCUT2D eigenvalue weighted by molar-refractivity contribution is 0.0694. The van der Waals surface area contributed by atoms with Gasteiger partial charge >= 0.3 is 5.97 Å². The lowest BCUT2D eigenvalue weighted by Gasteiger charge is -2.10. The average Bonchev–Trinajstić information content (AvgIpc) is 2.38. The van der Waals surface area contributed by atoms with Crippen LogP contribution in [-0.2, 0) is 6.61 Å². The minimum atomic E-state index is -1.05. The lowest BCUT2D eigenvalue weighted by atomic mass is 10.1. The molecule has 0 aliphatic heterocycles. The standard InChI is InChI=1S/C14H9Br2FO3/c15-9-2-1-8(11(5-9)14(18)19)7-20-13-4-3-10(16)6-12(13)17/h1-6H,7H2,(H,18,19). The molecule has 0 saturated heterocycles. The van der Waals surface area contributed by atoms with Crippen molar-refractivity contribution in [2.75, 3.05) is 0 Å². The maximum atomic E-state index is 13.6. The monoisotopic (exact) mass is 402 g/mol. The van der Waals surface area contributed by atoms with E-state index in [1.807, 2.05) is 0 Å². The minimum Gasteiger partial charge on any atom is -0.486 e. The molecule has 0 amide bonds. The molecule has 0 aromatic heterocycles. The topological polar surface area (TPSA) is 46.5 Å². The van der Waals surface area contributed by atoms with E-state index in [0.717, 1.165) is 0 Å². The van der Waals surface area contributed by atoms with E-state index < -0.39 is 11.8 Å². The Morgan fingerprint density at radius 2 is 1.80 bits per heavy atom. The normalized spacial score (nSPS) is 10.3. The van der Waals surface area contributed by atoms with E-state index in [9.17, 15) is 9.18 Å². The zero-order chi connectivity index (χ0) is 14.7. The van der Waals surface area contributed by atoms with E-state index >= 15 is 0 Å². The molecule has 0 fully saturated rings. The molecule has 0 atom stereocenters. The quantitative estimate of drug-likeness (QED) is 0.809. The number of aromatic carboxylic acids is 1. The van der Waals surface area contributed by atoms with Gasteiger partial charge in [0.1, 0.15) is 6.61 Å². The highest BCUT2D eigenvalue weighted by atomic mass is 79.9. The van der Waals surface area contributed by atoms with Crippen molar-refractivity contribution < 1.29 is 19.0 Å². The van der Waals surface area contributed by atoms with Gasteiger partial charge < -0.3 is 9.84 Å². The Morgan fingerprint density at radius 3 is 2.45 bits per heavy atom. The lowest BCUT2D eigenvalue weighted by Crippen LogP contribution is -2.06.